The first-order valence-electron chi connectivity index (χ1n) is 4.66. The summed E-state index contributed by atoms with van der Waals surface area (Å²) in [6, 6.07) is 5.68. The lowest BCUT2D eigenvalue weighted by Crippen LogP contribution is -2.14. The van der Waals surface area contributed by atoms with Gasteiger partial charge in [-0.05, 0) is 18.2 Å². The zero-order valence-electron chi connectivity index (χ0n) is 8.79. The molecule has 0 aliphatic rings. The highest BCUT2D eigenvalue weighted by Crippen LogP contribution is 2.15. The minimum absolute atomic E-state index is 0.0695. The van der Waals surface area contributed by atoms with Gasteiger partial charge in [0.05, 0.1) is 30.3 Å². The van der Waals surface area contributed by atoms with E-state index < -0.39 is 5.82 Å². The summed E-state index contributed by atoms with van der Waals surface area (Å²) < 4.78 is 18.0. The van der Waals surface area contributed by atoms with Crippen molar-refractivity contribution in [3.63, 3.8) is 0 Å². The molecular weight excluding hydrogens is 211 g/mol. The van der Waals surface area contributed by atoms with Gasteiger partial charge in [0.25, 0.3) is 0 Å². The first-order chi connectivity index (χ1) is 7.67. The Kier molecular flexibility index (Phi) is 4.42. The topological polar surface area (TPSA) is 62.1 Å². The number of nitrogens with one attached hydrogen (secondary N) is 1. The summed E-state index contributed by atoms with van der Waals surface area (Å²) in [7, 11) is 1.48. The van der Waals surface area contributed by atoms with E-state index in [0.29, 0.717) is 0 Å². The quantitative estimate of drug-likeness (QED) is 0.842. The molecule has 1 aromatic rings. The number of methoxy groups -OCH3 is 1. The Balaban J connectivity index is 2.68. The van der Waals surface area contributed by atoms with Crippen LogP contribution in [-0.2, 0) is 9.53 Å². The van der Waals surface area contributed by atoms with Crippen molar-refractivity contribution in [3.05, 3.63) is 29.6 Å². The first kappa shape index (κ1) is 12.1. The number of hydrogen-bond acceptors (Lipinski definition) is 3. The summed E-state index contributed by atoms with van der Waals surface area (Å²) in [6.07, 6.45) is 0.163. The molecule has 1 N–H and O–H groups in total. The molecule has 16 heavy (non-hydrogen) atoms. The summed E-state index contributed by atoms with van der Waals surface area (Å²) in [5.41, 5.74) is 0.285. The van der Waals surface area contributed by atoms with Crippen LogP contribution in [0.25, 0.3) is 0 Å². The highest BCUT2D eigenvalue weighted by molar-refractivity contribution is 5.90. The highest BCUT2D eigenvalue weighted by Gasteiger charge is 2.07. The van der Waals surface area contributed by atoms with E-state index in [1.807, 2.05) is 6.07 Å². The molecule has 1 rings (SSSR count). The van der Waals surface area contributed by atoms with Crippen LogP contribution >= 0.6 is 0 Å². The van der Waals surface area contributed by atoms with E-state index in [1.165, 1.54) is 19.2 Å². The number of rotatable bonds is 4. The number of benzene rings is 1. The summed E-state index contributed by atoms with van der Waals surface area (Å²) in [5, 5.41) is 10.9. The summed E-state index contributed by atoms with van der Waals surface area (Å²) in [6.45, 7) is 0.281. The van der Waals surface area contributed by atoms with Crippen LogP contribution in [0.3, 0.4) is 0 Å². The normalized spacial score (nSPS) is 9.56. The molecule has 0 aliphatic carbocycles. The largest absolute Gasteiger partial charge is 0.384 e. The molecule has 0 saturated carbocycles. The predicted octanol–water partition coefficient (Wildman–Crippen LogP) is 1.67. The lowest BCUT2D eigenvalue weighted by atomic mass is 10.2. The lowest BCUT2D eigenvalue weighted by molar-refractivity contribution is -0.117. The van der Waals surface area contributed by atoms with Crippen LogP contribution in [-0.4, -0.2) is 19.6 Å². The standard InChI is InChI=1S/C11H11FN2O2/c1-16-5-4-11(15)14-10-3-2-8(7-13)6-9(10)12/h2-3,6H,4-5H2,1H3,(H,14,15). The molecule has 84 valence electrons. The van der Waals surface area contributed by atoms with Crippen LogP contribution in [0.4, 0.5) is 10.1 Å². The Morgan fingerprint density at radius 3 is 2.94 bits per heavy atom. The van der Waals surface area contributed by atoms with Gasteiger partial charge in [0.2, 0.25) is 5.91 Å². The van der Waals surface area contributed by atoms with Crippen LogP contribution < -0.4 is 5.32 Å². The number of halogens is 1. The van der Waals surface area contributed by atoms with E-state index in [0.717, 1.165) is 6.07 Å². The molecule has 0 fully saturated rings. The van der Waals surface area contributed by atoms with Crippen molar-refractivity contribution in [2.45, 2.75) is 6.42 Å². The van der Waals surface area contributed by atoms with Gasteiger partial charge in [-0.1, -0.05) is 0 Å². The molecule has 0 radical (unpaired) electrons. The van der Waals surface area contributed by atoms with Crippen LogP contribution in [0.1, 0.15) is 12.0 Å². The highest BCUT2D eigenvalue weighted by atomic mass is 19.1. The second-order valence-corrected chi connectivity index (χ2v) is 3.10. The van der Waals surface area contributed by atoms with Gasteiger partial charge in [-0.15, -0.1) is 0 Å². The summed E-state index contributed by atoms with van der Waals surface area (Å²) in [5.74, 6) is -0.949. The fraction of sp³-hybridized carbons (Fsp3) is 0.273. The maximum Gasteiger partial charge on any atom is 0.226 e. The van der Waals surface area contributed by atoms with Gasteiger partial charge in [0.1, 0.15) is 5.82 Å². The second kappa shape index (κ2) is 5.83. The number of carbonyl (C=O) groups is 1. The van der Waals surface area contributed by atoms with E-state index in [9.17, 15) is 9.18 Å². The molecule has 1 amide bonds. The summed E-state index contributed by atoms with van der Waals surface area (Å²) in [4.78, 5) is 11.3. The number of nitriles is 1. The van der Waals surface area contributed by atoms with Crippen molar-refractivity contribution >= 4 is 11.6 Å². The molecule has 0 aliphatic heterocycles. The molecule has 1 aromatic carbocycles. The minimum Gasteiger partial charge on any atom is -0.384 e. The fourth-order valence-corrected chi connectivity index (χ4v) is 1.09. The molecule has 0 saturated heterocycles. The number of hydrogen-bond donors (Lipinski definition) is 1. The van der Waals surface area contributed by atoms with Crippen LogP contribution in [0.15, 0.2) is 18.2 Å². The van der Waals surface area contributed by atoms with Gasteiger partial charge in [-0.25, -0.2) is 4.39 Å². The van der Waals surface area contributed by atoms with Crippen LogP contribution in [0, 0.1) is 17.1 Å². The van der Waals surface area contributed by atoms with Crippen molar-refractivity contribution in [2.75, 3.05) is 19.0 Å². The average molecular weight is 222 g/mol. The predicted molar refractivity (Wildman–Crippen MR) is 56.2 cm³/mol. The molecular formula is C11H11FN2O2. The van der Waals surface area contributed by atoms with Gasteiger partial charge >= 0.3 is 0 Å². The Bertz CT molecular complexity index is 426. The molecule has 0 heterocycles. The van der Waals surface area contributed by atoms with Gasteiger partial charge in [-0.2, -0.15) is 5.26 Å². The lowest BCUT2D eigenvalue weighted by Gasteiger charge is -2.05. The van der Waals surface area contributed by atoms with E-state index in [2.05, 4.69) is 5.32 Å². The number of amides is 1. The smallest absolute Gasteiger partial charge is 0.226 e. The SMILES string of the molecule is COCCC(=O)Nc1ccc(C#N)cc1F. The van der Waals surface area contributed by atoms with E-state index in [1.54, 1.807) is 0 Å². The zero-order valence-corrected chi connectivity index (χ0v) is 8.79. The third kappa shape index (κ3) is 3.33. The third-order valence-corrected chi connectivity index (χ3v) is 1.91. The van der Waals surface area contributed by atoms with Gasteiger partial charge in [-0.3, -0.25) is 4.79 Å². The Morgan fingerprint density at radius 2 is 2.38 bits per heavy atom. The zero-order chi connectivity index (χ0) is 12.0. The maximum atomic E-state index is 13.3. The number of ether oxygens (including phenoxy) is 1. The number of nitrogens with zero attached hydrogens (tertiary/aromatic N) is 1. The van der Waals surface area contributed by atoms with Crippen molar-refractivity contribution in [1.29, 1.82) is 5.26 Å². The minimum atomic E-state index is -0.621. The Labute approximate surface area is 92.6 Å². The fourth-order valence-electron chi connectivity index (χ4n) is 1.09. The molecule has 0 unspecified atom stereocenters. The van der Waals surface area contributed by atoms with Crippen LogP contribution in [0.5, 0.6) is 0 Å². The van der Waals surface area contributed by atoms with Crippen molar-refractivity contribution in [3.8, 4) is 6.07 Å². The number of anilines is 1. The van der Waals surface area contributed by atoms with Crippen LogP contribution in [0.2, 0.25) is 0 Å². The van der Waals surface area contributed by atoms with Gasteiger partial charge in [0, 0.05) is 7.11 Å². The molecule has 0 bridgehead atoms. The monoisotopic (exact) mass is 222 g/mol. The Hall–Kier alpha value is -1.93. The average Bonchev–Trinajstić information content (AvgIpc) is 2.29. The van der Waals surface area contributed by atoms with E-state index in [4.69, 9.17) is 10.00 Å². The number of carbonyl (C=O) groups excluding carboxylic acids is 1. The van der Waals surface area contributed by atoms with E-state index in [-0.39, 0.29) is 30.2 Å². The van der Waals surface area contributed by atoms with Gasteiger partial charge < -0.3 is 10.1 Å². The van der Waals surface area contributed by atoms with Crippen molar-refractivity contribution < 1.29 is 13.9 Å². The Morgan fingerprint density at radius 1 is 1.62 bits per heavy atom. The first-order valence-corrected chi connectivity index (χ1v) is 4.66. The maximum absolute atomic E-state index is 13.3. The van der Waals surface area contributed by atoms with Crippen molar-refractivity contribution in [2.24, 2.45) is 0 Å². The van der Waals surface area contributed by atoms with E-state index >= 15 is 0 Å². The molecule has 5 heteroatoms. The second-order valence-electron chi connectivity index (χ2n) is 3.10. The van der Waals surface area contributed by atoms with Crippen molar-refractivity contribution in [1.82, 2.24) is 0 Å². The van der Waals surface area contributed by atoms with Gasteiger partial charge in [0.15, 0.2) is 0 Å². The molecule has 0 spiro atoms. The molecule has 0 atom stereocenters. The summed E-state index contributed by atoms with van der Waals surface area (Å²) >= 11 is 0. The third-order valence-electron chi connectivity index (χ3n) is 1.91. The molecule has 4 nitrogen and oxygen atoms in total. The molecule has 0 aromatic heterocycles.